The second-order valence-corrected chi connectivity index (χ2v) is 10.5. The van der Waals surface area contributed by atoms with Gasteiger partial charge in [-0.25, -0.2) is 4.68 Å². The van der Waals surface area contributed by atoms with Crippen LogP contribution in [-0.2, 0) is 11.2 Å². The highest BCUT2D eigenvalue weighted by Crippen LogP contribution is 2.31. The third-order valence-electron chi connectivity index (χ3n) is 6.88. The van der Waals surface area contributed by atoms with Gasteiger partial charge in [0.25, 0.3) is 11.8 Å². The van der Waals surface area contributed by atoms with Crippen molar-refractivity contribution in [1.82, 2.24) is 9.78 Å². The molecule has 0 bridgehead atoms. The summed E-state index contributed by atoms with van der Waals surface area (Å²) in [6.45, 7) is 7.29. The van der Waals surface area contributed by atoms with Crippen LogP contribution in [0.25, 0.3) is 5.69 Å². The Bertz CT molecular complexity index is 1330. The number of piperidine rings is 1. The molecule has 3 amide bonds. The summed E-state index contributed by atoms with van der Waals surface area (Å²) in [4.78, 5) is 42.9. The molecule has 8 nitrogen and oxygen atoms in total. The number of anilines is 2. The zero-order chi connectivity index (χ0) is 27.9. The molecular formula is C30H37N5O3S. The number of carbonyl (C=O) groups is 3. The van der Waals surface area contributed by atoms with Gasteiger partial charge in [0, 0.05) is 41.3 Å². The average molecular weight is 548 g/mol. The van der Waals surface area contributed by atoms with Gasteiger partial charge in [-0.3, -0.25) is 14.4 Å². The smallest absolute Gasteiger partial charge is 0.277 e. The third kappa shape index (κ3) is 6.03. The first-order valence-corrected chi connectivity index (χ1v) is 14.8. The van der Waals surface area contributed by atoms with Crippen LogP contribution in [0.2, 0.25) is 0 Å². The number of carbonyl (C=O) groups excluding carboxylic acids is 3. The summed E-state index contributed by atoms with van der Waals surface area (Å²) in [5.41, 5.74) is 9.06. The minimum absolute atomic E-state index is 0.135. The SMILES string of the molecule is CC.CCCCSc1cccc(-n2nc(C(N)=O)c3c2C(=O)N(c2ccc(N4CCCCC4=O)cc2)CC3)c1. The number of nitrogens with two attached hydrogens (primary N) is 1. The fraction of sp³-hybridized carbons (Fsp3) is 0.400. The first kappa shape index (κ1) is 28.4. The molecule has 206 valence electrons. The molecule has 5 rings (SSSR count). The van der Waals surface area contributed by atoms with E-state index in [1.54, 1.807) is 21.3 Å². The second-order valence-electron chi connectivity index (χ2n) is 9.38. The van der Waals surface area contributed by atoms with E-state index in [2.05, 4.69) is 12.0 Å². The van der Waals surface area contributed by atoms with Gasteiger partial charge < -0.3 is 15.5 Å². The molecule has 2 aromatic carbocycles. The van der Waals surface area contributed by atoms with E-state index in [1.807, 2.05) is 67.3 Å². The maximum Gasteiger partial charge on any atom is 0.277 e. The Labute approximate surface area is 234 Å². The number of hydrogen-bond donors (Lipinski definition) is 1. The molecule has 0 radical (unpaired) electrons. The minimum Gasteiger partial charge on any atom is -0.364 e. The van der Waals surface area contributed by atoms with Gasteiger partial charge in [-0.2, -0.15) is 5.10 Å². The number of unbranched alkanes of at least 4 members (excludes halogenated alkanes) is 1. The van der Waals surface area contributed by atoms with Gasteiger partial charge in [-0.1, -0.05) is 33.3 Å². The molecule has 2 aliphatic rings. The summed E-state index contributed by atoms with van der Waals surface area (Å²) in [5, 5.41) is 4.50. The Balaban J connectivity index is 0.00000172. The average Bonchev–Trinajstić information content (AvgIpc) is 3.36. The Morgan fingerprint density at radius 3 is 2.33 bits per heavy atom. The van der Waals surface area contributed by atoms with E-state index in [9.17, 15) is 14.4 Å². The molecule has 3 aromatic rings. The number of thioether (sulfide) groups is 1. The van der Waals surface area contributed by atoms with E-state index in [0.29, 0.717) is 30.6 Å². The first-order chi connectivity index (χ1) is 19.0. The summed E-state index contributed by atoms with van der Waals surface area (Å²) in [6.07, 6.45) is 5.21. The van der Waals surface area contributed by atoms with Crippen LogP contribution in [-0.4, -0.2) is 46.3 Å². The number of nitrogens with zero attached hydrogens (tertiary/aromatic N) is 4. The fourth-order valence-electron chi connectivity index (χ4n) is 4.92. The largest absolute Gasteiger partial charge is 0.364 e. The van der Waals surface area contributed by atoms with Crippen LogP contribution in [0.1, 0.15) is 79.4 Å². The van der Waals surface area contributed by atoms with Crippen molar-refractivity contribution in [2.45, 2.75) is 64.2 Å². The lowest BCUT2D eigenvalue weighted by Crippen LogP contribution is -2.39. The zero-order valence-electron chi connectivity index (χ0n) is 23.0. The van der Waals surface area contributed by atoms with E-state index in [-0.39, 0.29) is 17.5 Å². The Morgan fingerprint density at radius 1 is 0.949 bits per heavy atom. The molecule has 0 spiro atoms. The minimum atomic E-state index is -0.639. The van der Waals surface area contributed by atoms with Crippen LogP contribution in [0, 0.1) is 0 Å². The molecule has 0 unspecified atom stereocenters. The van der Waals surface area contributed by atoms with Crippen molar-refractivity contribution < 1.29 is 14.4 Å². The fourth-order valence-corrected chi connectivity index (χ4v) is 5.97. The van der Waals surface area contributed by atoms with Gasteiger partial charge in [-0.15, -0.1) is 11.8 Å². The lowest BCUT2D eigenvalue weighted by Gasteiger charge is -2.29. The summed E-state index contributed by atoms with van der Waals surface area (Å²) < 4.78 is 1.56. The van der Waals surface area contributed by atoms with Crippen molar-refractivity contribution >= 4 is 40.9 Å². The van der Waals surface area contributed by atoms with Crippen LogP contribution in [0.5, 0.6) is 0 Å². The van der Waals surface area contributed by atoms with E-state index in [1.165, 1.54) is 0 Å². The van der Waals surface area contributed by atoms with Crippen molar-refractivity contribution in [3.05, 3.63) is 65.5 Å². The molecule has 1 fully saturated rings. The monoisotopic (exact) mass is 547 g/mol. The normalized spacial score (nSPS) is 15.1. The van der Waals surface area contributed by atoms with E-state index in [0.717, 1.165) is 59.9 Å². The summed E-state index contributed by atoms with van der Waals surface area (Å²) in [7, 11) is 0. The van der Waals surface area contributed by atoms with Gasteiger partial charge in [0.05, 0.1) is 5.69 Å². The summed E-state index contributed by atoms with van der Waals surface area (Å²) in [6, 6.07) is 15.4. The van der Waals surface area contributed by atoms with E-state index < -0.39 is 5.91 Å². The van der Waals surface area contributed by atoms with Crippen molar-refractivity contribution in [2.24, 2.45) is 5.73 Å². The molecule has 3 heterocycles. The van der Waals surface area contributed by atoms with Crippen molar-refractivity contribution in [3.8, 4) is 5.69 Å². The number of fused-ring (bicyclic) bond motifs is 1. The van der Waals surface area contributed by atoms with Crippen LogP contribution < -0.4 is 15.5 Å². The molecule has 2 N–H and O–H groups in total. The predicted octanol–water partition coefficient (Wildman–Crippen LogP) is 5.61. The van der Waals surface area contributed by atoms with Crippen LogP contribution in [0.4, 0.5) is 11.4 Å². The number of primary amides is 1. The van der Waals surface area contributed by atoms with Crippen molar-refractivity contribution in [3.63, 3.8) is 0 Å². The highest BCUT2D eigenvalue weighted by atomic mass is 32.2. The number of amides is 3. The maximum atomic E-state index is 13.8. The molecule has 2 aliphatic heterocycles. The lowest BCUT2D eigenvalue weighted by atomic mass is 10.0. The van der Waals surface area contributed by atoms with Gasteiger partial charge >= 0.3 is 0 Å². The standard InChI is InChI=1S/C28H31N5O3S.C2H6/c1-2-3-17-37-22-8-6-7-21(18-22)33-26-23(25(30-33)27(29)35)14-16-32(28(26)36)20-12-10-19(11-13-20)31-15-5-4-9-24(31)34;1-2/h6-8,10-13,18H,2-5,9,14-17H2,1H3,(H2,29,35);1-2H3. The Morgan fingerprint density at radius 2 is 1.67 bits per heavy atom. The molecule has 0 aliphatic carbocycles. The highest BCUT2D eigenvalue weighted by Gasteiger charge is 2.34. The molecular weight excluding hydrogens is 510 g/mol. The van der Waals surface area contributed by atoms with E-state index >= 15 is 0 Å². The second kappa shape index (κ2) is 13.0. The molecule has 0 saturated carbocycles. The number of aromatic nitrogens is 2. The number of hydrogen-bond acceptors (Lipinski definition) is 5. The lowest BCUT2D eigenvalue weighted by molar-refractivity contribution is -0.119. The highest BCUT2D eigenvalue weighted by molar-refractivity contribution is 7.99. The van der Waals surface area contributed by atoms with Gasteiger partial charge in [-0.05, 0) is 73.9 Å². The zero-order valence-corrected chi connectivity index (χ0v) is 23.8. The van der Waals surface area contributed by atoms with Crippen LogP contribution >= 0.6 is 11.8 Å². The maximum absolute atomic E-state index is 13.8. The van der Waals surface area contributed by atoms with Crippen molar-refractivity contribution in [1.29, 1.82) is 0 Å². The Hall–Kier alpha value is -3.59. The molecule has 39 heavy (non-hydrogen) atoms. The number of benzene rings is 2. The quantitative estimate of drug-likeness (QED) is 0.292. The third-order valence-corrected chi connectivity index (χ3v) is 7.96. The first-order valence-electron chi connectivity index (χ1n) is 13.8. The van der Waals surface area contributed by atoms with Crippen LogP contribution in [0.15, 0.2) is 53.4 Å². The Kier molecular flexibility index (Phi) is 9.45. The van der Waals surface area contributed by atoms with Gasteiger partial charge in [0.1, 0.15) is 5.69 Å². The van der Waals surface area contributed by atoms with E-state index in [4.69, 9.17) is 5.73 Å². The predicted molar refractivity (Wildman–Crippen MR) is 157 cm³/mol. The molecule has 0 atom stereocenters. The summed E-state index contributed by atoms with van der Waals surface area (Å²) >= 11 is 1.76. The number of rotatable bonds is 8. The topological polar surface area (TPSA) is 102 Å². The summed E-state index contributed by atoms with van der Waals surface area (Å²) in [5.74, 6) is 0.276. The van der Waals surface area contributed by atoms with Gasteiger partial charge in [0.15, 0.2) is 5.69 Å². The van der Waals surface area contributed by atoms with Gasteiger partial charge in [0.2, 0.25) is 5.91 Å². The molecule has 1 saturated heterocycles. The molecule has 1 aromatic heterocycles. The molecule has 9 heteroatoms. The van der Waals surface area contributed by atoms with Crippen LogP contribution in [0.3, 0.4) is 0 Å². The van der Waals surface area contributed by atoms with Crippen molar-refractivity contribution in [2.75, 3.05) is 28.6 Å².